The fourth-order valence-corrected chi connectivity index (χ4v) is 1.97. The van der Waals surface area contributed by atoms with Crippen LogP contribution in [0.2, 0.25) is 0 Å². The highest BCUT2D eigenvalue weighted by Gasteiger charge is 2.16. The minimum absolute atomic E-state index is 0.263. The van der Waals surface area contributed by atoms with Crippen molar-refractivity contribution in [1.82, 2.24) is 10.6 Å². The topological polar surface area (TPSA) is 84.5 Å². The molecule has 0 aliphatic carbocycles. The van der Waals surface area contributed by atoms with E-state index in [0.29, 0.717) is 18.0 Å². The Morgan fingerprint density at radius 3 is 2.25 bits per heavy atom. The number of nitrogens with one attached hydrogen (secondary N) is 2. The van der Waals surface area contributed by atoms with Gasteiger partial charge < -0.3 is 15.4 Å². The second-order valence-electron chi connectivity index (χ2n) is 5.93. The smallest absolute Gasteiger partial charge is 0.338 e. The molecule has 0 saturated heterocycles. The van der Waals surface area contributed by atoms with Crippen LogP contribution in [0.4, 0.5) is 0 Å². The maximum absolute atomic E-state index is 11.9. The highest BCUT2D eigenvalue weighted by Crippen LogP contribution is 2.15. The zero-order valence-corrected chi connectivity index (χ0v) is 14.7. The second kappa shape index (κ2) is 9.70. The van der Waals surface area contributed by atoms with E-state index in [1.165, 1.54) is 0 Å². The standard InChI is InChI=1S/C18H26N2O4/c1-5-10-19-17(22)13(4)20-16(21)11-24-18(23)15-8-6-14(7-9-15)12(2)3/h6-9,12-13H,5,10-11H2,1-4H3,(H,19,22)(H,20,21)/t13-/m0/s1. The monoisotopic (exact) mass is 334 g/mol. The van der Waals surface area contributed by atoms with Crippen molar-refractivity contribution in [1.29, 1.82) is 0 Å². The first-order valence-corrected chi connectivity index (χ1v) is 8.19. The third kappa shape index (κ3) is 6.40. The van der Waals surface area contributed by atoms with E-state index >= 15 is 0 Å². The quantitative estimate of drug-likeness (QED) is 0.712. The highest BCUT2D eigenvalue weighted by molar-refractivity contribution is 5.92. The van der Waals surface area contributed by atoms with E-state index in [1.54, 1.807) is 19.1 Å². The van der Waals surface area contributed by atoms with Crippen LogP contribution in [0, 0.1) is 0 Å². The van der Waals surface area contributed by atoms with Gasteiger partial charge in [0.25, 0.3) is 5.91 Å². The summed E-state index contributed by atoms with van der Waals surface area (Å²) in [4.78, 5) is 35.3. The van der Waals surface area contributed by atoms with Gasteiger partial charge in [0.15, 0.2) is 6.61 Å². The molecule has 1 atom stereocenters. The van der Waals surface area contributed by atoms with Gasteiger partial charge in [0, 0.05) is 6.54 Å². The van der Waals surface area contributed by atoms with Crippen molar-refractivity contribution in [3.63, 3.8) is 0 Å². The number of carbonyl (C=O) groups excluding carboxylic acids is 3. The second-order valence-corrected chi connectivity index (χ2v) is 5.93. The van der Waals surface area contributed by atoms with E-state index in [1.807, 2.05) is 19.1 Å². The minimum atomic E-state index is -0.673. The Bertz CT molecular complexity index is 567. The Kier molecular flexibility index (Phi) is 7.95. The lowest BCUT2D eigenvalue weighted by Gasteiger charge is -2.14. The van der Waals surface area contributed by atoms with Crippen LogP contribution >= 0.6 is 0 Å². The van der Waals surface area contributed by atoms with Gasteiger partial charge in [-0.15, -0.1) is 0 Å². The van der Waals surface area contributed by atoms with E-state index in [0.717, 1.165) is 12.0 Å². The summed E-state index contributed by atoms with van der Waals surface area (Å²) < 4.78 is 4.97. The van der Waals surface area contributed by atoms with Gasteiger partial charge in [-0.25, -0.2) is 4.79 Å². The van der Waals surface area contributed by atoms with Gasteiger partial charge in [-0.05, 0) is 37.0 Å². The van der Waals surface area contributed by atoms with Gasteiger partial charge in [0.1, 0.15) is 6.04 Å². The molecule has 0 fully saturated rings. The van der Waals surface area contributed by atoms with Gasteiger partial charge in [-0.1, -0.05) is 32.9 Å². The molecule has 2 N–H and O–H groups in total. The zero-order valence-electron chi connectivity index (χ0n) is 14.7. The van der Waals surface area contributed by atoms with Crippen molar-refractivity contribution < 1.29 is 19.1 Å². The molecular weight excluding hydrogens is 308 g/mol. The fourth-order valence-electron chi connectivity index (χ4n) is 1.97. The largest absolute Gasteiger partial charge is 0.452 e. The summed E-state index contributed by atoms with van der Waals surface area (Å²) in [5, 5.41) is 5.17. The van der Waals surface area contributed by atoms with Crippen molar-refractivity contribution in [3.05, 3.63) is 35.4 Å². The molecule has 24 heavy (non-hydrogen) atoms. The Morgan fingerprint density at radius 2 is 1.71 bits per heavy atom. The molecule has 0 radical (unpaired) electrons. The molecule has 132 valence electrons. The predicted octanol–water partition coefficient (Wildman–Crippen LogP) is 2.00. The van der Waals surface area contributed by atoms with E-state index in [9.17, 15) is 14.4 Å². The van der Waals surface area contributed by atoms with E-state index in [-0.39, 0.29) is 5.91 Å². The molecule has 6 heteroatoms. The minimum Gasteiger partial charge on any atom is -0.452 e. The van der Waals surface area contributed by atoms with Crippen LogP contribution < -0.4 is 10.6 Å². The van der Waals surface area contributed by atoms with Crippen LogP contribution in [0.1, 0.15) is 56.0 Å². The number of benzene rings is 1. The number of amides is 2. The van der Waals surface area contributed by atoms with Crippen molar-refractivity contribution in [2.45, 2.75) is 46.1 Å². The lowest BCUT2D eigenvalue weighted by atomic mass is 10.0. The molecule has 0 aliphatic rings. The number of ether oxygens (including phenoxy) is 1. The van der Waals surface area contributed by atoms with Crippen LogP contribution in [0.3, 0.4) is 0 Å². The molecule has 1 rings (SSSR count). The third-order valence-corrected chi connectivity index (χ3v) is 3.47. The normalized spacial score (nSPS) is 11.7. The van der Waals surface area contributed by atoms with Crippen LogP contribution in [0.5, 0.6) is 0 Å². The van der Waals surface area contributed by atoms with Gasteiger partial charge in [-0.2, -0.15) is 0 Å². The number of carbonyl (C=O) groups is 3. The number of esters is 1. The summed E-state index contributed by atoms with van der Waals surface area (Å²) in [6, 6.07) is 6.41. The summed E-state index contributed by atoms with van der Waals surface area (Å²) >= 11 is 0. The predicted molar refractivity (Wildman–Crippen MR) is 91.7 cm³/mol. The zero-order chi connectivity index (χ0) is 18.1. The van der Waals surface area contributed by atoms with Crippen molar-refractivity contribution in [2.24, 2.45) is 0 Å². The first-order valence-electron chi connectivity index (χ1n) is 8.19. The van der Waals surface area contributed by atoms with Crippen molar-refractivity contribution >= 4 is 17.8 Å². The third-order valence-electron chi connectivity index (χ3n) is 3.47. The average molecular weight is 334 g/mol. The average Bonchev–Trinajstić information content (AvgIpc) is 2.57. The number of rotatable bonds is 8. The first-order chi connectivity index (χ1) is 11.3. The number of hydrogen-bond acceptors (Lipinski definition) is 4. The molecule has 0 saturated carbocycles. The maximum atomic E-state index is 11.9. The van der Waals surface area contributed by atoms with Crippen molar-refractivity contribution in [2.75, 3.05) is 13.2 Å². The molecule has 0 bridgehead atoms. The summed E-state index contributed by atoms with van der Waals surface area (Å²) in [6.45, 7) is 7.79. The van der Waals surface area contributed by atoms with Gasteiger partial charge in [0.05, 0.1) is 5.56 Å². The van der Waals surface area contributed by atoms with E-state index in [2.05, 4.69) is 24.5 Å². The van der Waals surface area contributed by atoms with Gasteiger partial charge >= 0.3 is 5.97 Å². The fraction of sp³-hybridized carbons (Fsp3) is 0.500. The maximum Gasteiger partial charge on any atom is 0.338 e. The summed E-state index contributed by atoms with van der Waals surface area (Å²) in [5.41, 5.74) is 1.51. The van der Waals surface area contributed by atoms with Crippen LogP contribution in [-0.2, 0) is 14.3 Å². The Hall–Kier alpha value is -2.37. The molecule has 1 aromatic carbocycles. The highest BCUT2D eigenvalue weighted by atomic mass is 16.5. The van der Waals surface area contributed by atoms with Gasteiger partial charge in [0.2, 0.25) is 5.91 Å². The van der Waals surface area contributed by atoms with Gasteiger partial charge in [-0.3, -0.25) is 9.59 Å². The molecule has 2 amide bonds. The Morgan fingerprint density at radius 1 is 1.08 bits per heavy atom. The lowest BCUT2D eigenvalue weighted by molar-refractivity contribution is -0.130. The molecule has 0 heterocycles. The van der Waals surface area contributed by atoms with Crippen LogP contribution in [0.25, 0.3) is 0 Å². The molecule has 0 spiro atoms. The van der Waals surface area contributed by atoms with E-state index in [4.69, 9.17) is 4.74 Å². The van der Waals surface area contributed by atoms with Crippen molar-refractivity contribution in [3.8, 4) is 0 Å². The van der Waals surface area contributed by atoms with E-state index < -0.39 is 24.5 Å². The Balaban J connectivity index is 2.43. The molecule has 1 aromatic rings. The molecule has 6 nitrogen and oxygen atoms in total. The first kappa shape index (κ1) is 19.7. The summed E-state index contributed by atoms with van der Waals surface area (Å²) in [6.07, 6.45) is 0.819. The molecule has 0 aromatic heterocycles. The molecular formula is C18H26N2O4. The molecule has 0 unspecified atom stereocenters. The van der Waals surface area contributed by atoms with Crippen LogP contribution in [-0.4, -0.2) is 37.0 Å². The number of hydrogen-bond donors (Lipinski definition) is 2. The summed E-state index contributed by atoms with van der Waals surface area (Å²) in [5.74, 6) is -0.966. The SMILES string of the molecule is CCCNC(=O)[C@H](C)NC(=O)COC(=O)c1ccc(C(C)C)cc1. The lowest BCUT2D eigenvalue weighted by Crippen LogP contribution is -2.46. The van der Waals surface area contributed by atoms with Crippen LogP contribution in [0.15, 0.2) is 24.3 Å². The Labute approximate surface area is 143 Å². The molecule has 0 aliphatic heterocycles. The summed E-state index contributed by atoms with van der Waals surface area (Å²) in [7, 11) is 0.